The fourth-order valence-electron chi connectivity index (χ4n) is 6.37. The molecule has 0 aliphatic heterocycles. The number of nitrogens with zero attached hydrogens (tertiary/aromatic N) is 6. The summed E-state index contributed by atoms with van der Waals surface area (Å²) >= 11 is 0. The number of hydrogen-bond donors (Lipinski definition) is 4. The molecule has 11 nitrogen and oxygen atoms in total. The number of anilines is 3. The molecule has 5 rings (SSSR count). The molecule has 13 heteroatoms. The van der Waals surface area contributed by atoms with Gasteiger partial charge in [0.25, 0.3) is 0 Å². The van der Waals surface area contributed by atoms with Crippen LogP contribution in [0.5, 0.6) is 0 Å². The van der Waals surface area contributed by atoms with E-state index in [9.17, 15) is 23.8 Å². The Kier molecular flexibility index (Phi) is 10.6. The molecule has 0 bridgehead atoms. The summed E-state index contributed by atoms with van der Waals surface area (Å²) in [6.07, 6.45) is 7.26. The van der Waals surface area contributed by atoms with Gasteiger partial charge in [-0.1, -0.05) is 6.92 Å². The quantitative estimate of drug-likeness (QED) is 0.238. The molecule has 2 aromatic heterocycles. The number of aliphatic hydroxyl groups is 2. The number of amides is 1. The van der Waals surface area contributed by atoms with Crippen LogP contribution in [0.2, 0.25) is 0 Å². The van der Waals surface area contributed by atoms with E-state index in [0.29, 0.717) is 68.4 Å². The number of halogens is 2. The van der Waals surface area contributed by atoms with Crippen LogP contribution in [0.4, 0.5) is 26.4 Å². The van der Waals surface area contributed by atoms with Gasteiger partial charge in [-0.05, 0) is 70.0 Å². The summed E-state index contributed by atoms with van der Waals surface area (Å²) in [7, 11) is 1.84. The number of hydrogen-bond acceptors (Lipinski definition) is 9. The Morgan fingerprint density at radius 1 is 1.05 bits per heavy atom. The van der Waals surface area contributed by atoms with Gasteiger partial charge in [-0.3, -0.25) is 14.3 Å². The SMILES string of the molecule is CCN(CCO)CCN(C)C(=O)[C@H]1CC[C@@H](n2c(Nc3ccc(F)cc3F)nc3cnc(N[C@H]4CC[C@H](O)CC4)nc32)CC1. The topological polar surface area (TPSA) is 132 Å². The molecule has 4 N–H and O–H groups in total. The Bertz CT molecular complexity index is 1410. The molecule has 0 saturated heterocycles. The fourth-order valence-corrected chi connectivity index (χ4v) is 6.37. The molecule has 0 atom stereocenters. The van der Waals surface area contributed by atoms with E-state index < -0.39 is 11.6 Å². The van der Waals surface area contributed by atoms with Crippen molar-refractivity contribution in [2.75, 3.05) is 50.5 Å². The van der Waals surface area contributed by atoms with E-state index in [0.717, 1.165) is 38.3 Å². The molecule has 240 valence electrons. The second-order valence-electron chi connectivity index (χ2n) is 12.0. The summed E-state index contributed by atoms with van der Waals surface area (Å²) in [5.74, 6) is -0.521. The van der Waals surface area contributed by atoms with E-state index in [2.05, 4.69) is 20.5 Å². The average Bonchev–Trinajstić information content (AvgIpc) is 3.38. The van der Waals surface area contributed by atoms with Gasteiger partial charge in [0, 0.05) is 50.7 Å². The summed E-state index contributed by atoms with van der Waals surface area (Å²) in [5, 5.41) is 25.6. The molecule has 0 unspecified atom stereocenters. The van der Waals surface area contributed by atoms with Gasteiger partial charge in [0.05, 0.1) is 24.6 Å². The number of rotatable bonds is 12. The molecule has 2 heterocycles. The maximum absolute atomic E-state index is 14.7. The number of imidazole rings is 1. The number of aliphatic hydroxyl groups excluding tert-OH is 2. The fraction of sp³-hybridized carbons (Fsp3) is 0.613. The summed E-state index contributed by atoms with van der Waals surface area (Å²) in [6.45, 7) is 4.85. The van der Waals surface area contributed by atoms with Crippen molar-refractivity contribution in [3.05, 3.63) is 36.0 Å². The number of aromatic nitrogens is 4. The Hall–Kier alpha value is -3.42. The number of likely N-dealkylation sites (N-methyl/N-ethyl adjacent to an activating group) is 2. The van der Waals surface area contributed by atoms with Gasteiger partial charge in [-0.25, -0.2) is 18.7 Å². The van der Waals surface area contributed by atoms with Gasteiger partial charge in [0.2, 0.25) is 17.8 Å². The lowest BCUT2D eigenvalue weighted by Gasteiger charge is -2.32. The Balaban J connectivity index is 1.34. The van der Waals surface area contributed by atoms with Crippen molar-refractivity contribution in [1.82, 2.24) is 29.3 Å². The largest absolute Gasteiger partial charge is 0.395 e. The first-order chi connectivity index (χ1) is 21.2. The first-order valence-electron chi connectivity index (χ1n) is 15.8. The van der Waals surface area contributed by atoms with E-state index >= 15 is 0 Å². The molecule has 2 saturated carbocycles. The van der Waals surface area contributed by atoms with E-state index in [-0.39, 0.29) is 42.3 Å². The van der Waals surface area contributed by atoms with E-state index in [1.165, 1.54) is 12.1 Å². The lowest BCUT2D eigenvalue weighted by atomic mass is 9.85. The predicted octanol–water partition coefficient (Wildman–Crippen LogP) is 4.07. The highest BCUT2D eigenvalue weighted by molar-refractivity contribution is 5.79. The molecule has 2 fully saturated rings. The van der Waals surface area contributed by atoms with Crippen molar-refractivity contribution in [1.29, 1.82) is 0 Å². The first kappa shape index (κ1) is 32.0. The zero-order valence-corrected chi connectivity index (χ0v) is 25.6. The van der Waals surface area contributed by atoms with Crippen molar-refractivity contribution >= 4 is 34.7 Å². The maximum atomic E-state index is 14.7. The van der Waals surface area contributed by atoms with Crippen LogP contribution < -0.4 is 10.6 Å². The van der Waals surface area contributed by atoms with Gasteiger partial charge in [-0.15, -0.1) is 0 Å². The van der Waals surface area contributed by atoms with Crippen LogP contribution in [0.15, 0.2) is 24.4 Å². The molecule has 1 amide bonds. The number of nitrogens with one attached hydrogen (secondary N) is 2. The van der Waals surface area contributed by atoms with Crippen LogP contribution >= 0.6 is 0 Å². The van der Waals surface area contributed by atoms with Gasteiger partial charge >= 0.3 is 0 Å². The standard InChI is InChI=1S/C31H44F2N8O3/c1-3-40(16-17-42)15-14-39(2)29(44)20-4-9-23(10-5-20)41-28-27(37-31(41)36-26-13-6-21(32)18-25(26)33)19-34-30(38-28)35-22-7-11-24(43)12-8-22/h6,13,18-20,22-24,42-43H,3-5,7-12,14-17H2,1-2H3,(H,36,37)(H,34,35,38)/t20-,22-,23+,24-. The zero-order chi connectivity index (χ0) is 31.2. The van der Waals surface area contributed by atoms with Gasteiger partial charge in [0.15, 0.2) is 5.65 Å². The monoisotopic (exact) mass is 614 g/mol. The van der Waals surface area contributed by atoms with Crippen molar-refractivity contribution < 1.29 is 23.8 Å². The molecule has 2 aliphatic carbocycles. The van der Waals surface area contributed by atoms with Crippen molar-refractivity contribution in [3.8, 4) is 0 Å². The summed E-state index contributed by atoms with van der Waals surface area (Å²) in [6, 6.07) is 3.47. The highest BCUT2D eigenvalue weighted by atomic mass is 19.1. The third-order valence-electron chi connectivity index (χ3n) is 9.04. The third-order valence-corrected chi connectivity index (χ3v) is 9.04. The van der Waals surface area contributed by atoms with Crippen molar-refractivity contribution in [2.24, 2.45) is 5.92 Å². The molecule has 0 radical (unpaired) electrons. The van der Waals surface area contributed by atoms with Gasteiger partial charge in [0.1, 0.15) is 17.2 Å². The lowest BCUT2D eigenvalue weighted by Crippen LogP contribution is -2.40. The minimum absolute atomic E-state index is 0.0481. The van der Waals surface area contributed by atoms with Crippen LogP contribution in [-0.2, 0) is 4.79 Å². The second kappa shape index (κ2) is 14.6. The Labute approximate surface area is 256 Å². The zero-order valence-electron chi connectivity index (χ0n) is 25.6. The molecule has 0 spiro atoms. The normalized spacial score (nSPS) is 22.3. The number of carbonyl (C=O) groups is 1. The van der Waals surface area contributed by atoms with Crippen LogP contribution in [0.25, 0.3) is 11.2 Å². The molecule has 1 aromatic carbocycles. The van der Waals surface area contributed by atoms with Crippen LogP contribution in [0.3, 0.4) is 0 Å². The average molecular weight is 615 g/mol. The smallest absolute Gasteiger partial charge is 0.225 e. The molecule has 44 heavy (non-hydrogen) atoms. The van der Waals surface area contributed by atoms with Crippen LogP contribution in [-0.4, -0.2) is 97.4 Å². The van der Waals surface area contributed by atoms with Crippen LogP contribution in [0.1, 0.15) is 64.3 Å². The maximum Gasteiger partial charge on any atom is 0.225 e. The highest BCUT2D eigenvalue weighted by Gasteiger charge is 2.32. The number of fused-ring (bicyclic) bond motifs is 1. The van der Waals surface area contributed by atoms with Crippen molar-refractivity contribution in [2.45, 2.75) is 76.5 Å². The summed E-state index contributed by atoms with van der Waals surface area (Å²) < 4.78 is 30.2. The Morgan fingerprint density at radius 2 is 1.80 bits per heavy atom. The number of benzene rings is 1. The third kappa shape index (κ3) is 7.62. The van der Waals surface area contributed by atoms with Gasteiger partial charge < -0.3 is 25.7 Å². The minimum Gasteiger partial charge on any atom is -0.395 e. The van der Waals surface area contributed by atoms with Gasteiger partial charge in [-0.2, -0.15) is 4.98 Å². The minimum atomic E-state index is -0.727. The van der Waals surface area contributed by atoms with Crippen LogP contribution in [0, 0.1) is 17.6 Å². The van der Waals surface area contributed by atoms with E-state index in [1.807, 2.05) is 18.5 Å². The second-order valence-corrected chi connectivity index (χ2v) is 12.0. The van der Waals surface area contributed by atoms with Crippen molar-refractivity contribution in [3.63, 3.8) is 0 Å². The predicted molar refractivity (Wildman–Crippen MR) is 165 cm³/mol. The van der Waals surface area contributed by atoms with E-state index in [1.54, 1.807) is 11.1 Å². The first-order valence-corrected chi connectivity index (χ1v) is 15.8. The summed E-state index contributed by atoms with van der Waals surface area (Å²) in [4.78, 5) is 31.2. The number of carbonyl (C=O) groups excluding carboxylic acids is 1. The highest BCUT2D eigenvalue weighted by Crippen LogP contribution is 2.38. The molecule has 2 aliphatic rings. The molecular weight excluding hydrogens is 570 g/mol. The summed E-state index contributed by atoms with van der Waals surface area (Å²) in [5.41, 5.74) is 1.24. The molecular formula is C31H44F2N8O3. The molecule has 3 aromatic rings. The van der Waals surface area contributed by atoms with E-state index in [4.69, 9.17) is 9.97 Å². The Morgan fingerprint density at radius 3 is 2.48 bits per heavy atom. The lowest BCUT2D eigenvalue weighted by molar-refractivity contribution is -0.135.